The highest BCUT2D eigenvalue weighted by Gasteiger charge is 2.08. The second-order valence-corrected chi connectivity index (χ2v) is 3.71. The number of benzene rings is 1. The van der Waals surface area contributed by atoms with E-state index >= 15 is 0 Å². The molecule has 0 aliphatic rings. The standard InChI is InChI=1S/C13H15NO2/c1-16-12-4-2-10(3-5-12)8-13(15)11-6-7-14-9-11/h2-7,9,13-15H,8H2,1H3. The van der Waals surface area contributed by atoms with Crippen LogP contribution in [0.1, 0.15) is 17.2 Å². The average Bonchev–Trinajstić information content (AvgIpc) is 2.83. The number of ether oxygens (including phenoxy) is 1. The Morgan fingerprint density at radius 1 is 1.25 bits per heavy atom. The van der Waals surface area contributed by atoms with Crippen molar-refractivity contribution in [2.45, 2.75) is 12.5 Å². The van der Waals surface area contributed by atoms with Crippen molar-refractivity contribution in [2.75, 3.05) is 7.11 Å². The van der Waals surface area contributed by atoms with Crippen LogP contribution in [0, 0.1) is 0 Å². The molecule has 1 atom stereocenters. The third-order valence-corrected chi connectivity index (χ3v) is 2.59. The van der Waals surface area contributed by atoms with E-state index in [1.165, 1.54) is 0 Å². The summed E-state index contributed by atoms with van der Waals surface area (Å²) in [4.78, 5) is 2.93. The Hall–Kier alpha value is -1.74. The van der Waals surface area contributed by atoms with E-state index in [-0.39, 0.29) is 0 Å². The van der Waals surface area contributed by atoms with Crippen LogP contribution in [-0.4, -0.2) is 17.2 Å². The monoisotopic (exact) mass is 217 g/mol. The maximum Gasteiger partial charge on any atom is 0.118 e. The molecule has 0 spiro atoms. The largest absolute Gasteiger partial charge is 0.497 e. The number of aromatic amines is 1. The van der Waals surface area contributed by atoms with Gasteiger partial charge < -0.3 is 14.8 Å². The Morgan fingerprint density at radius 3 is 2.56 bits per heavy atom. The Labute approximate surface area is 94.7 Å². The third kappa shape index (κ3) is 2.44. The van der Waals surface area contributed by atoms with Gasteiger partial charge >= 0.3 is 0 Å². The highest BCUT2D eigenvalue weighted by Crippen LogP contribution is 2.19. The van der Waals surface area contributed by atoms with Crippen molar-refractivity contribution >= 4 is 0 Å². The first kappa shape index (κ1) is 10.8. The predicted molar refractivity (Wildman–Crippen MR) is 62.5 cm³/mol. The molecule has 2 rings (SSSR count). The maximum atomic E-state index is 9.94. The van der Waals surface area contributed by atoms with E-state index in [9.17, 15) is 5.11 Å². The summed E-state index contributed by atoms with van der Waals surface area (Å²) >= 11 is 0. The van der Waals surface area contributed by atoms with Crippen molar-refractivity contribution in [1.29, 1.82) is 0 Å². The van der Waals surface area contributed by atoms with Crippen LogP contribution in [0.2, 0.25) is 0 Å². The zero-order valence-electron chi connectivity index (χ0n) is 9.18. The van der Waals surface area contributed by atoms with Crippen LogP contribution >= 0.6 is 0 Å². The van der Waals surface area contributed by atoms with Gasteiger partial charge in [-0.2, -0.15) is 0 Å². The Morgan fingerprint density at radius 2 is 2.00 bits per heavy atom. The number of aromatic nitrogens is 1. The molecular weight excluding hydrogens is 202 g/mol. The van der Waals surface area contributed by atoms with E-state index in [2.05, 4.69) is 4.98 Å². The van der Waals surface area contributed by atoms with Crippen molar-refractivity contribution in [3.05, 3.63) is 53.9 Å². The van der Waals surface area contributed by atoms with Crippen LogP contribution < -0.4 is 4.74 Å². The fourth-order valence-electron chi connectivity index (χ4n) is 1.65. The first-order valence-electron chi connectivity index (χ1n) is 5.23. The van der Waals surface area contributed by atoms with E-state index in [0.717, 1.165) is 16.9 Å². The molecule has 0 aliphatic carbocycles. The molecule has 0 fully saturated rings. The zero-order chi connectivity index (χ0) is 11.4. The summed E-state index contributed by atoms with van der Waals surface area (Å²) in [6.07, 6.45) is 3.78. The van der Waals surface area contributed by atoms with Gasteiger partial charge in [-0.05, 0) is 29.3 Å². The summed E-state index contributed by atoms with van der Waals surface area (Å²) < 4.78 is 5.08. The lowest BCUT2D eigenvalue weighted by molar-refractivity contribution is 0.178. The number of nitrogens with one attached hydrogen (secondary N) is 1. The lowest BCUT2D eigenvalue weighted by Gasteiger charge is -2.09. The topological polar surface area (TPSA) is 45.2 Å². The van der Waals surface area contributed by atoms with Gasteiger partial charge in [0.1, 0.15) is 5.75 Å². The lowest BCUT2D eigenvalue weighted by Crippen LogP contribution is -2.00. The molecular formula is C13H15NO2. The smallest absolute Gasteiger partial charge is 0.118 e. The van der Waals surface area contributed by atoms with E-state index in [0.29, 0.717) is 6.42 Å². The fraction of sp³-hybridized carbons (Fsp3) is 0.231. The quantitative estimate of drug-likeness (QED) is 0.825. The van der Waals surface area contributed by atoms with Crippen molar-refractivity contribution in [3.8, 4) is 5.75 Å². The molecule has 0 bridgehead atoms. The van der Waals surface area contributed by atoms with Gasteiger partial charge in [-0.15, -0.1) is 0 Å². The van der Waals surface area contributed by atoms with Crippen LogP contribution in [0.5, 0.6) is 5.75 Å². The minimum Gasteiger partial charge on any atom is -0.497 e. The molecule has 84 valence electrons. The summed E-state index contributed by atoms with van der Waals surface area (Å²) in [6.45, 7) is 0. The molecule has 0 aliphatic heterocycles. The van der Waals surface area contributed by atoms with Crippen molar-refractivity contribution in [2.24, 2.45) is 0 Å². The Bertz CT molecular complexity index is 420. The molecule has 0 saturated carbocycles. The van der Waals surface area contributed by atoms with Gasteiger partial charge in [0.2, 0.25) is 0 Å². The molecule has 0 saturated heterocycles. The molecule has 3 nitrogen and oxygen atoms in total. The van der Waals surface area contributed by atoms with Gasteiger partial charge in [0, 0.05) is 18.8 Å². The zero-order valence-corrected chi connectivity index (χ0v) is 9.18. The van der Waals surface area contributed by atoms with E-state index < -0.39 is 6.10 Å². The number of aliphatic hydroxyl groups is 1. The maximum absolute atomic E-state index is 9.94. The molecule has 1 aromatic carbocycles. The molecule has 1 heterocycles. The lowest BCUT2D eigenvalue weighted by atomic mass is 10.0. The van der Waals surface area contributed by atoms with Crippen LogP contribution in [0.4, 0.5) is 0 Å². The summed E-state index contributed by atoms with van der Waals surface area (Å²) in [6, 6.07) is 9.62. The van der Waals surface area contributed by atoms with Crippen LogP contribution in [0.25, 0.3) is 0 Å². The normalized spacial score (nSPS) is 12.4. The van der Waals surface area contributed by atoms with Gasteiger partial charge in [0.05, 0.1) is 13.2 Å². The summed E-state index contributed by atoms with van der Waals surface area (Å²) in [5.41, 5.74) is 2.00. The molecule has 1 unspecified atom stereocenters. The molecule has 1 aromatic heterocycles. The van der Waals surface area contributed by atoms with Crippen LogP contribution in [0.3, 0.4) is 0 Å². The number of aliphatic hydroxyl groups excluding tert-OH is 1. The summed E-state index contributed by atoms with van der Waals surface area (Å²) in [5, 5.41) is 9.94. The van der Waals surface area contributed by atoms with Gasteiger partial charge in [0.25, 0.3) is 0 Å². The minimum absolute atomic E-state index is 0.459. The Balaban J connectivity index is 2.03. The number of hydrogen-bond acceptors (Lipinski definition) is 2. The fourth-order valence-corrected chi connectivity index (χ4v) is 1.65. The first-order chi connectivity index (χ1) is 7.79. The SMILES string of the molecule is COc1ccc(CC(O)c2cc[nH]c2)cc1. The third-order valence-electron chi connectivity index (χ3n) is 2.59. The minimum atomic E-state index is -0.459. The van der Waals surface area contributed by atoms with Gasteiger partial charge in [-0.25, -0.2) is 0 Å². The van der Waals surface area contributed by atoms with E-state index in [1.54, 1.807) is 7.11 Å². The molecule has 16 heavy (non-hydrogen) atoms. The second kappa shape index (κ2) is 4.86. The van der Waals surface area contributed by atoms with E-state index in [1.807, 2.05) is 42.7 Å². The van der Waals surface area contributed by atoms with Gasteiger partial charge in [-0.1, -0.05) is 12.1 Å². The molecule has 2 aromatic rings. The van der Waals surface area contributed by atoms with Crippen LogP contribution in [0.15, 0.2) is 42.7 Å². The number of H-pyrrole nitrogens is 1. The molecule has 0 amide bonds. The van der Waals surface area contributed by atoms with Crippen LogP contribution in [-0.2, 0) is 6.42 Å². The molecule has 2 N–H and O–H groups in total. The average molecular weight is 217 g/mol. The number of hydrogen-bond donors (Lipinski definition) is 2. The highest BCUT2D eigenvalue weighted by molar-refractivity contribution is 5.28. The summed E-state index contributed by atoms with van der Waals surface area (Å²) in [5.74, 6) is 0.833. The van der Waals surface area contributed by atoms with Gasteiger partial charge in [-0.3, -0.25) is 0 Å². The Kier molecular flexibility index (Phi) is 3.27. The number of rotatable bonds is 4. The number of methoxy groups -OCH3 is 1. The van der Waals surface area contributed by atoms with Crippen molar-refractivity contribution < 1.29 is 9.84 Å². The van der Waals surface area contributed by atoms with Crippen molar-refractivity contribution in [3.63, 3.8) is 0 Å². The molecule has 3 heteroatoms. The highest BCUT2D eigenvalue weighted by atomic mass is 16.5. The molecule has 0 radical (unpaired) electrons. The first-order valence-corrected chi connectivity index (χ1v) is 5.23. The predicted octanol–water partition coefficient (Wildman–Crippen LogP) is 2.30. The second-order valence-electron chi connectivity index (χ2n) is 3.71. The van der Waals surface area contributed by atoms with Crippen molar-refractivity contribution in [1.82, 2.24) is 4.98 Å². The van der Waals surface area contributed by atoms with Gasteiger partial charge in [0.15, 0.2) is 0 Å². The summed E-state index contributed by atoms with van der Waals surface area (Å²) in [7, 11) is 1.64. The van der Waals surface area contributed by atoms with E-state index in [4.69, 9.17) is 4.74 Å².